The molecule has 0 aromatic heterocycles. The van der Waals surface area contributed by atoms with E-state index >= 15 is 0 Å². The zero-order valence-corrected chi connectivity index (χ0v) is 19.9. The van der Waals surface area contributed by atoms with E-state index in [2.05, 4.69) is 15.2 Å². The van der Waals surface area contributed by atoms with Crippen molar-refractivity contribution in [2.45, 2.75) is 25.3 Å². The summed E-state index contributed by atoms with van der Waals surface area (Å²) in [4.78, 5) is 21.9. The van der Waals surface area contributed by atoms with Gasteiger partial charge in [0, 0.05) is 31.5 Å². The van der Waals surface area contributed by atoms with Gasteiger partial charge in [-0.1, -0.05) is 18.6 Å². The van der Waals surface area contributed by atoms with Crippen LogP contribution < -0.4 is 10.2 Å². The minimum Gasteiger partial charge on any atom is -0.766 e. The fourth-order valence-electron chi connectivity index (χ4n) is 4.88. The average molecular weight is 478 g/mol. The van der Waals surface area contributed by atoms with Crippen molar-refractivity contribution in [3.8, 4) is 0 Å². The Hall–Kier alpha value is -3.27. The molecule has 35 heavy (non-hydrogen) atoms. The lowest BCUT2D eigenvalue weighted by molar-refractivity contribution is -0.141. The van der Waals surface area contributed by atoms with Gasteiger partial charge in [-0.3, -0.25) is 15.0 Å². The minimum absolute atomic E-state index is 0.301. The van der Waals surface area contributed by atoms with Gasteiger partial charge in [0.25, 0.3) is 5.91 Å². The molecule has 1 N–H and O–H groups in total. The number of nitrogens with zero attached hydrogens (tertiary/aromatic N) is 5. The molecule has 0 aliphatic carbocycles. The molecule has 5 rings (SSSR count). The third-order valence-electron chi connectivity index (χ3n) is 6.89. The molecule has 0 bridgehead atoms. The first kappa shape index (κ1) is 23.5. The zero-order valence-electron chi connectivity index (χ0n) is 19.9. The number of hydroxylamine groups is 1. The second-order valence-electron chi connectivity index (χ2n) is 9.20. The van der Waals surface area contributed by atoms with Gasteiger partial charge in [-0.05, 0) is 67.9 Å². The van der Waals surface area contributed by atoms with Crippen molar-refractivity contribution in [1.29, 1.82) is 0 Å². The van der Waals surface area contributed by atoms with Crippen molar-refractivity contribution < 1.29 is 9.18 Å². The van der Waals surface area contributed by atoms with E-state index in [4.69, 9.17) is 0 Å². The van der Waals surface area contributed by atoms with E-state index in [0.717, 1.165) is 29.5 Å². The van der Waals surface area contributed by atoms with Crippen LogP contribution in [0.4, 0.5) is 15.8 Å². The first-order valence-corrected chi connectivity index (χ1v) is 12.1. The normalized spacial score (nSPS) is 21.5. The summed E-state index contributed by atoms with van der Waals surface area (Å²) in [7, 11) is 1.45. The maximum atomic E-state index is 13.4. The topological polar surface area (TPSA) is 77.5 Å². The number of nitrogens with one attached hydrogen (secondary N) is 1. The number of amides is 1. The van der Waals surface area contributed by atoms with E-state index in [9.17, 15) is 14.4 Å². The number of likely N-dealkylation sites (tertiary alicyclic amines) is 1. The Morgan fingerprint density at radius 3 is 2.49 bits per heavy atom. The van der Waals surface area contributed by atoms with Crippen molar-refractivity contribution >= 4 is 23.6 Å². The van der Waals surface area contributed by atoms with Gasteiger partial charge in [-0.15, -0.1) is 0 Å². The number of anilines is 2. The summed E-state index contributed by atoms with van der Waals surface area (Å²) in [6.07, 6.45) is 5.58. The summed E-state index contributed by atoms with van der Waals surface area (Å²) in [5.41, 5.74) is 3.40. The van der Waals surface area contributed by atoms with Crippen LogP contribution in [0.1, 0.15) is 30.9 Å². The summed E-state index contributed by atoms with van der Waals surface area (Å²) in [5, 5.41) is 18.0. The summed E-state index contributed by atoms with van der Waals surface area (Å²) in [6, 6.07) is 13.0. The first-order chi connectivity index (χ1) is 17.0. The smallest absolute Gasteiger partial charge is 0.266 e. The van der Waals surface area contributed by atoms with E-state index in [1.807, 2.05) is 29.2 Å². The Morgan fingerprint density at radius 2 is 1.77 bits per heavy atom. The highest BCUT2D eigenvalue weighted by molar-refractivity contribution is 5.99. The molecule has 9 heteroatoms. The predicted octanol–water partition coefficient (Wildman–Crippen LogP) is 3.75. The Labute approximate surface area is 204 Å². The average Bonchev–Trinajstić information content (AvgIpc) is 2.89. The highest BCUT2D eigenvalue weighted by Gasteiger charge is 2.37. The third kappa shape index (κ3) is 4.93. The van der Waals surface area contributed by atoms with Crippen LogP contribution in [0.25, 0.3) is 0 Å². The van der Waals surface area contributed by atoms with Crippen LogP contribution in [-0.2, 0) is 4.79 Å². The molecule has 3 aliphatic heterocycles. The predicted molar refractivity (Wildman–Crippen MR) is 135 cm³/mol. The molecule has 8 nitrogen and oxygen atoms in total. The Kier molecular flexibility index (Phi) is 6.81. The number of benzene rings is 2. The molecule has 0 saturated carbocycles. The lowest BCUT2D eigenvalue weighted by atomic mass is 9.96. The van der Waals surface area contributed by atoms with Crippen molar-refractivity contribution in [3.63, 3.8) is 0 Å². The number of carbonyl (C=O) groups is 1. The zero-order chi connectivity index (χ0) is 24.4. The van der Waals surface area contributed by atoms with Crippen LogP contribution in [-0.4, -0.2) is 67.1 Å². The molecule has 3 aliphatic rings. The van der Waals surface area contributed by atoms with E-state index < -0.39 is 6.04 Å². The summed E-state index contributed by atoms with van der Waals surface area (Å²) in [5.74, 6) is -0.769. The highest BCUT2D eigenvalue weighted by atomic mass is 19.1. The number of hydrazine groups is 1. The molecule has 184 valence electrons. The lowest BCUT2D eigenvalue weighted by Gasteiger charge is -2.48. The molecule has 2 aromatic rings. The van der Waals surface area contributed by atoms with E-state index in [1.165, 1.54) is 51.5 Å². The summed E-state index contributed by atoms with van der Waals surface area (Å²) < 4.78 is 13.4. The Morgan fingerprint density at radius 1 is 1.06 bits per heavy atom. The second-order valence-corrected chi connectivity index (χ2v) is 9.20. The number of piperidine rings is 1. The second kappa shape index (κ2) is 10.2. The number of halogens is 1. The fraction of sp³-hybridized carbons (Fsp3) is 0.385. The maximum absolute atomic E-state index is 13.4. The molecule has 1 unspecified atom stereocenters. The van der Waals surface area contributed by atoms with Crippen molar-refractivity contribution in [3.05, 3.63) is 76.4 Å². The first-order valence-electron chi connectivity index (χ1n) is 12.1. The third-order valence-corrected chi connectivity index (χ3v) is 6.89. The van der Waals surface area contributed by atoms with Crippen LogP contribution in [0.3, 0.4) is 0 Å². The number of carbonyl (C=O) groups excluding carboxylic acids is 1. The van der Waals surface area contributed by atoms with Gasteiger partial charge < -0.3 is 20.3 Å². The van der Waals surface area contributed by atoms with Crippen molar-refractivity contribution in [2.75, 3.05) is 50.0 Å². The van der Waals surface area contributed by atoms with Crippen LogP contribution in [0, 0.1) is 11.0 Å². The quantitative estimate of drug-likeness (QED) is 0.683. The Bertz CT molecular complexity index is 1110. The molecule has 3 heterocycles. The monoisotopic (exact) mass is 477 g/mol. The number of aliphatic imine (C=N–C) groups is 1. The molecular formula is C26H30FN6O2-. The van der Waals surface area contributed by atoms with Gasteiger partial charge in [-0.25, -0.2) is 9.38 Å². The number of likely N-dealkylation sites (N-methyl/N-ethyl adjacent to an activating group) is 1. The molecule has 0 radical (unpaired) electrons. The summed E-state index contributed by atoms with van der Waals surface area (Å²) in [6.45, 7) is 4.62. The van der Waals surface area contributed by atoms with Gasteiger partial charge in [0.2, 0.25) is 0 Å². The number of hydrogen-bond acceptors (Lipinski definition) is 7. The molecule has 1 saturated heterocycles. The maximum Gasteiger partial charge on any atom is 0.266 e. The van der Waals surface area contributed by atoms with Crippen molar-refractivity contribution in [2.24, 2.45) is 4.99 Å². The largest absolute Gasteiger partial charge is 0.766 e. The van der Waals surface area contributed by atoms with Crippen molar-refractivity contribution in [1.82, 2.24) is 15.1 Å². The van der Waals surface area contributed by atoms with Gasteiger partial charge >= 0.3 is 0 Å². The standard InChI is InChI=1S/C26H30FN6O2/c1-30-26(34)23-17-32(18-29-24(23)25(33(30)35)19-5-7-20(27)8-6-19)22-11-9-21(10-12-22)28-13-16-31-14-3-2-4-15-31/h5-12,18,25,28H,2-4,13-17H2,1H3/q-1. The van der Waals surface area contributed by atoms with E-state index in [-0.39, 0.29) is 11.7 Å². The molecule has 2 aromatic carbocycles. The van der Waals surface area contributed by atoms with Crippen LogP contribution in [0.5, 0.6) is 0 Å². The van der Waals surface area contributed by atoms with Gasteiger partial charge in [0.1, 0.15) is 5.82 Å². The van der Waals surface area contributed by atoms with Crippen LogP contribution in [0.2, 0.25) is 0 Å². The van der Waals surface area contributed by atoms with E-state index in [1.54, 1.807) is 18.5 Å². The number of rotatable bonds is 6. The van der Waals surface area contributed by atoms with E-state index in [0.29, 0.717) is 28.6 Å². The highest BCUT2D eigenvalue weighted by Crippen LogP contribution is 2.38. The summed E-state index contributed by atoms with van der Waals surface area (Å²) >= 11 is 0. The lowest BCUT2D eigenvalue weighted by Crippen LogP contribution is -2.50. The molecule has 0 spiro atoms. The van der Waals surface area contributed by atoms with Crippen LogP contribution >= 0.6 is 0 Å². The van der Waals surface area contributed by atoms with Gasteiger partial charge in [0.05, 0.1) is 30.2 Å². The fourth-order valence-corrected chi connectivity index (χ4v) is 4.88. The SMILES string of the molecule is CN1C(=O)C2=C(N=CN(c3ccc(NCCN4CCCCC4)cc3)C2)C(c2ccc(F)cc2)N1[O-]. The molecule has 1 fully saturated rings. The Balaban J connectivity index is 1.28. The van der Waals surface area contributed by atoms with Gasteiger partial charge in [-0.2, -0.15) is 0 Å². The molecular weight excluding hydrogens is 447 g/mol. The molecule has 1 amide bonds. The van der Waals surface area contributed by atoms with Gasteiger partial charge in [0.15, 0.2) is 0 Å². The number of hydrogen-bond donors (Lipinski definition) is 1. The molecule has 1 atom stereocenters. The van der Waals surface area contributed by atoms with Crippen LogP contribution in [0.15, 0.2) is 64.8 Å². The minimum atomic E-state index is -0.807.